The Balaban J connectivity index is 1.70. The molecular formula is C23H25N3O2. The van der Waals surface area contributed by atoms with Gasteiger partial charge in [-0.3, -0.25) is 14.6 Å². The van der Waals surface area contributed by atoms with Gasteiger partial charge in [-0.1, -0.05) is 31.4 Å². The lowest BCUT2D eigenvalue weighted by molar-refractivity contribution is 0.0613. The zero-order valence-corrected chi connectivity index (χ0v) is 16.1. The number of hydrogen-bond donors (Lipinski definition) is 1. The summed E-state index contributed by atoms with van der Waals surface area (Å²) in [5, 5.41) is 0.984. The first kappa shape index (κ1) is 18.4. The highest BCUT2D eigenvalue weighted by atomic mass is 16.2. The highest BCUT2D eigenvalue weighted by Crippen LogP contribution is 2.25. The standard InChI is InChI=1S/C23H25N3O2/c1-16-9-10-17-13-19(22(27)25-21(17)12-16)15-26(20-7-3-2-4-8-20)23(28)18-6-5-11-24-14-18/h5-6,9-14,20H,2-4,7-8,15H2,1H3,(H,25,27). The number of carbonyl (C=O) groups is 1. The molecule has 1 N–H and O–H groups in total. The van der Waals surface area contributed by atoms with Crippen LogP contribution >= 0.6 is 0 Å². The Kier molecular flexibility index (Phi) is 5.24. The van der Waals surface area contributed by atoms with Gasteiger partial charge in [0.2, 0.25) is 0 Å². The molecule has 2 aromatic heterocycles. The quantitative estimate of drug-likeness (QED) is 0.743. The van der Waals surface area contributed by atoms with E-state index in [1.165, 1.54) is 6.42 Å². The molecule has 1 fully saturated rings. The molecule has 0 spiro atoms. The van der Waals surface area contributed by atoms with E-state index in [1.54, 1.807) is 24.5 Å². The molecule has 0 aliphatic heterocycles. The van der Waals surface area contributed by atoms with Crippen molar-refractivity contribution in [3.05, 3.63) is 75.8 Å². The average molecular weight is 375 g/mol. The summed E-state index contributed by atoms with van der Waals surface area (Å²) < 4.78 is 0. The van der Waals surface area contributed by atoms with Crippen LogP contribution in [-0.2, 0) is 6.54 Å². The van der Waals surface area contributed by atoms with E-state index < -0.39 is 0 Å². The lowest BCUT2D eigenvalue weighted by Gasteiger charge is -2.34. The molecule has 0 unspecified atom stereocenters. The number of pyridine rings is 2. The number of aromatic amines is 1. The minimum absolute atomic E-state index is 0.0524. The molecule has 0 saturated heterocycles. The normalized spacial score (nSPS) is 14.9. The highest BCUT2D eigenvalue weighted by Gasteiger charge is 2.27. The molecular weight excluding hydrogens is 350 g/mol. The molecule has 1 aliphatic rings. The molecule has 4 rings (SSSR count). The monoisotopic (exact) mass is 375 g/mol. The third-order valence-corrected chi connectivity index (χ3v) is 5.60. The molecule has 0 radical (unpaired) electrons. The molecule has 144 valence electrons. The van der Waals surface area contributed by atoms with Crippen molar-refractivity contribution in [2.45, 2.75) is 51.6 Å². The van der Waals surface area contributed by atoms with Gasteiger partial charge in [0.1, 0.15) is 0 Å². The second kappa shape index (κ2) is 7.97. The van der Waals surface area contributed by atoms with Gasteiger partial charge in [-0.25, -0.2) is 0 Å². The Hall–Kier alpha value is -2.95. The Bertz CT molecular complexity index is 1040. The Labute approximate surface area is 164 Å². The Morgan fingerprint density at radius 3 is 2.75 bits per heavy atom. The molecule has 1 saturated carbocycles. The number of nitrogens with one attached hydrogen (secondary N) is 1. The van der Waals surface area contributed by atoms with Crippen molar-refractivity contribution in [3.8, 4) is 0 Å². The number of benzene rings is 1. The van der Waals surface area contributed by atoms with E-state index in [0.717, 1.165) is 42.1 Å². The van der Waals surface area contributed by atoms with Crippen LogP contribution in [0.2, 0.25) is 0 Å². The second-order valence-electron chi connectivity index (χ2n) is 7.68. The Morgan fingerprint density at radius 1 is 1.18 bits per heavy atom. The molecule has 1 aliphatic carbocycles. The predicted molar refractivity (Wildman–Crippen MR) is 110 cm³/mol. The van der Waals surface area contributed by atoms with Crippen molar-refractivity contribution in [2.75, 3.05) is 0 Å². The van der Waals surface area contributed by atoms with Crippen molar-refractivity contribution in [2.24, 2.45) is 0 Å². The van der Waals surface area contributed by atoms with Gasteiger partial charge >= 0.3 is 0 Å². The van der Waals surface area contributed by atoms with Gasteiger partial charge < -0.3 is 9.88 Å². The van der Waals surface area contributed by atoms with Crippen LogP contribution in [0.1, 0.15) is 53.6 Å². The lowest BCUT2D eigenvalue weighted by atomic mass is 9.93. The summed E-state index contributed by atoms with van der Waals surface area (Å²) in [4.78, 5) is 34.9. The SMILES string of the molecule is Cc1ccc2cc(CN(C(=O)c3cccnc3)C3CCCCC3)c(=O)[nH]c2c1. The van der Waals surface area contributed by atoms with E-state index in [1.807, 2.05) is 36.1 Å². The topological polar surface area (TPSA) is 66.1 Å². The van der Waals surface area contributed by atoms with Crippen LogP contribution in [0, 0.1) is 6.92 Å². The van der Waals surface area contributed by atoms with E-state index in [9.17, 15) is 9.59 Å². The number of aryl methyl sites for hydroxylation is 1. The van der Waals surface area contributed by atoms with Crippen LogP contribution in [0.3, 0.4) is 0 Å². The molecule has 5 heteroatoms. The van der Waals surface area contributed by atoms with Gasteiger partial charge in [0, 0.05) is 29.5 Å². The van der Waals surface area contributed by atoms with Crippen LogP contribution in [0.5, 0.6) is 0 Å². The first-order chi connectivity index (χ1) is 13.6. The smallest absolute Gasteiger partial charge is 0.255 e. The fraction of sp³-hybridized carbons (Fsp3) is 0.348. The molecule has 0 bridgehead atoms. The van der Waals surface area contributed by atoms with E-state index in [2.05, 4.69) is 9.97 Å². The number of rotatable bonds is 4. The van der Waals surface area contributed by atoms with E-state index in [-0.39, 0.29) is 17.5 Å². The third kappa shape index (κ3) is 3.84. The summed E-state index contributed by atoms with van der Waals surface area (Å²) in [6.45, 7) is 2.32. The average Bonchev–Trinajstić information content (AvgIpc) is 2.73. The summed E-state index contributed by atoms with van der Waals surface area (Å²) in [5.41, 5.74) is 3.00. The largest absolute Gasteiger partial charge is 0.331 e. The van der Waals surface area contributed by atoms with Gasteiger partial charge in [-0.05, 0) is 55.0 Å². The fourth-order valence-electron chi connectivity index (χ4n) is 4.08. The maximum absolute atomic E-state index is 13.2. The lowest BCUT2D eigenvalue weighted by Crippen LogP contribution is -2.42. The maximum atomic E-state index is 13.2. The number of nitrogens with zero attached hydrogens (tertiary/aromatic N) is 2. The fourth-order valence-corrected chi connectivity index (χ4v) is 4.08. The van der Waals surface area contributed by atoms with E-state index in [0.29, 0.717) is 17.7 Å². The summed E-state index contributed by atoms with van der Waals surface area (Å²) in [6, 6.07) is 11.7. The number of fused-ring (bicyclic) bond motifs is 1. The summed E-state index contributed by atoms with van der Waals surface area (Å²) >= 11 is 0. The number of aromatic nitrogens is 2. The van der Waals surface area contributed by atoms with E-state index in [4.69, 9.17) is 0 Å². The van der Waals surface area contributed by atoms with Gasteiger partial charge in [0.05, 0.1) is 12.1 Å². The summed E-state index contributed by atoms with van der Waals surface area (Å²) in [6.07, 6.45) is 8.68. The molecule has 1 aromatic carbocycles. The first-order valence-electron chi connectivity index (χ1n) is 9.95. The van der Waals surface area contributed by atoms with Gasteiger partial charge in [-0.15, -0.1) is 0 Å². The number of H-pyrrole nitrogens is 1. The zero-order chi connectivity index (χ0) is 19.5. The third-order valence-electron chi connectivity index (χ3n) is 5.60. The minimum atomic E-state index is -0.127. The molecule has 2 heterocycles. The zero-order valence-electron chi connectivity index (χ0n) is 16.1. The van der Waals surface area contributed by atoms with Gasteiger partial charge in [0.15, 0.2) is 0 Å². The van der Waals surface area contributed by atoms with Crippen LogP contribution in [-0.4, -0.2) is 26.8 Å². The van der Waals surface area contributed by atoms with Crippen LogP contribution in [0.15, 0.2) is 53.6 Å². The first-order valence-corrected chi connectivity index (χ1v) is 9.95. The van der Waals surface area contributed by atoms with Crippen molar-refractivity contribution in [1.82, 2.24) is 14.9 Å². The van der Waals surface area contributed by atoms with Crippen molar-refractivity contribution < 1.29 is 4.79 Å². The van der Waals surface area contributed by atoms with Crippen molar-refractivity contribution in [1.29, 1.82) is 0 Å². The van der Waals surface area contributed by atoms with Crippen LogP contribution in [0.25, 0.3) is 10.9 Å². The molecule has 0 atom stereocenters. The maximum Gasteiger partial charge on any atom is 0.255 e. The number of hydrogen-bond acceptors (Lipinski definition) is 3. The molecule has 5 nitrogen and oxygen atoms in total. The summed E-state index contributed by atoms with van der Waals surface area (Å²) in [7, 11) is 0. The van der Waals surface area contributed by atoms with Crippen LogP contribution < -0.4 is 5.56 Å². The predicted octanol–water partition coefficient (Wildman–Crippen LogP) is 4.21. The van der Waals surface area contributed by atoms with Crippen molar-refractivity contribution >= 4 is 16.8 Å². The molecule has 28 heavy (non-hydrogen) atoms. The van der Waals surface area contributed by atoms with Gasteiger partial charge in [0.25, 0.3) is 11.5 Å². The number of carbonyl (C=O) groups excluding carboxylic acids is 1. The summed E-state index contributed by atoms with van der Waals surface area (Å²) in [5.74, 6) is -0.0524. The van der Waals surface area contributed by atoms with Crippen molar-refractivity contribution in [3.63, 3.8) is 0 Å². The second-order valence-corrected chi connectivity index (χ2v) is 7.68. The minimum Gasteiger partial charge on any atom is -0.331 e. The van der Waals surface area contributed by atoms with Crippen LogP contribution in [0.4, 0.5) is 0 Å². The number of amides is 1. The van der Waals surface area contributed by atoms with Gasteiger partial charge in [-0.2, -0.15) is 0 Å². The molecule has 1 amide bonds. The van der Waals surface area contributed by atoms with E-state index >= 15 is 0 Å². The highest BCUT2D eigenvalue weighted by molar-refractivity contribution is 5.94. The molecule has 3 aromatic rings. The Morgan fingerprint density at radius 2 is 2.00 bits per heavy atom.